The zero-order valence-corrected chi connectivity index (χ0v) is 13.6. The number of nitrogen functional groups attached to an aromatic ring is 1. The van der Waals surface area contributed by atoms with Crippen molar-refractivity contribution >= 4 is 27.4 Å². The van der Waals surface area contributed by atoms with Crippen LogP contribution in [0.1, 0.15) is 12.8 Å². The quantitative estimate of drug-likeness (QED) is 0.686. The molecule has 0 bridgehead atoms. The van der Waals surface area contributed by atoms with Gasteiger partial charge in [-0.2, -0.15) is 0 Å². The van der Waals surface area contributed by atoms with E-state index in [0.717, 1.165) is 0 Å². The van der Waals surface area contributed by atoms with Crippen LogP contribution in [0.4, 0.5) is 11.4 Å². The number of anilines is 2. The summed E-state index contributed by atoms with van der Waals surface area (Å²) in [5.41, 5.74) is 5.97. The SMILES string of the molecule is Nc1ccccc1NS(=O)(=O)C1CCC2(C=C1C(=O)O)OCCO2. The van der Waals surface area contributed by atoms with E-state index in [9.17, 15) is 18.3 Å². The minimum absolute atomic E-state index is 0.0696. The van der Waals surface area contributed by atoms with Crippen LogP contribution in [0.25, 0.3) is 0 Å². The van der Waals surface area contributed by atoms with Gasteiger partial charge in [0.15, 0.2) is 5.79 Å². The molecule has 1 unspecified atom stereocenters. The van der Waals surface area contributed by atoms with Gasteiger partial charge in [0.2, 0.25) is 10.0 Å². The van der Waals surface area contributed by atoms with Gasteiger partial charge in [0.1, 0.15) is 5.25 Å². The molecule has 8 nitrogen and oxygen atoms in total. The van der Waals surface area contributed by atoms with Gasteiger partial charge in [-0.05, 0) is 24.6 Å². The summed E-state index contributed by atoms with van der Waals surface area (Å²) in [4.78, 5) is 11.6. The van der Waals surface area contributed by atoms with Crippen LogP contribution in [-0.2, 0) is 24.3 Å². The molecule has 0 amide bonds. The average Bonchev–Trinajstić information content (AvgIpc) is 2.97. The zero-order chi connectivity index (χ0) is 17.4. The molecule has 1 saturated heterocycles. The molecule has 1 aromatic carbocycles. The highest BCUT2D eigenvalue weighted by molar-refractivity contribution is 7.93. The summed E-state index contributed by atoms with van der Waals surface area (Å²) in [7, 11) is -3.99. The number of hydrogen-bond acceptors (Lipinski definition) is 6. The van der Waals surface area contributed by atoms with Gasteiger partial charge in [0.05, 0.1) is 30.2 Å². The fourth-order valence-corrected chi connectivity index (χ4v) is 4.49. The van der Waals surface area contributed by atoms with Gasteiger partial charge in [-0.1, -0.05) is 12.1 Å². The van der Waals surface area contributed by atoms with E-state index in [0.29, 0.717) is 13.2 Å². The number of hydrogen-bond donors (Lipinski definition) is 3. The fourth-order valence-electron chi connectivity index (χ4n) is 2.92. The Morgan fingerprint density at radius 2 is 1.96 bits per heavy atom. The van der Waals surface area contributed by atoms with Crippen molar-refractivity contribution < 1.29 is 27.8 Å². The summed E-state index contributed by atoms with van der Waals surface area (Å²) in [5.74, 6) is -2.45. The van der Waals surface area contributed by atoms with Gasteiger partial charge in [0.25, 0.3) is 0 Å². The smallest absolute Gasteiger partial charge is 0.332 e. The Morgan fingerprint density at radius 3 is 2.58 bits per heavy atom. The Balaban J connectivity index is 1.92. The first kappa shape index (κ1) is 16.7. The van der Waals surface area contributed by atoms with E-state index in [1.807, 2.05) is 0 Å². The second kappa shape index (κ2) is 6.08. The molecule has 130 valence electrons. The van der Waals surface area contributed by atoms with Crippen LogP contribution in [0.3, 0.4) is 0 Å². The second-order valence-corrected chi connectivity index (χ2v) is 7.54. The molecule has 0 radical (unpaired) electrons. The van der Waals surface area contributed by atoms with Crippen molar-refractivity contribution in [2.24, 2.45) is 0 Å². The summed E-state index contributed by atoms with van der Waals surface area (Å²) >= 11 is 0. The van der Waals surface area contributed by atoms with E-state index in [2.05, 4.69) is 4.72 Å². The highest BCUT2D eigenvalue weighted by atomic mass is 32.2. The van der Waals surface area contributed by atoms with Crippen LogP contribution >= 0.6 is 0 Å². The topological polar surface area (TPSA) is 128 Å². The average molecular weight is 354 g/mol. The number of rotatable bonds is 4. The highest BCUT2D eigenvalue weighted by Gasteiger charge is 2.45. The van der Waals surface area contributed by atoms with E-state index in [4.69, 9.17) is 15.2 Å². The number of aliphatic carboxylic acids is 1. The molecule has 9 heteroatoms. The first-order chi connectivity index (χ1) is 11.3. The maximum absolute atomic E-state index is 12.7. The number of sulfonamides is 1. The van der Waals surface area contributed by atoms with Crippen molar-refractivity contribution in [3.8, 4) is 0 Å². The van der Waals surface area contributed by atoms with Gasteiger partial charge in [-0.25, -0.2) is 13.2 Å². The monoisotopic (exact) mass is 354 g/mol. The van der Waals surface area contributed by atoms with Crippen LogP contribution in [0.2, 0.25) is 0 Å². The van der Waals surface area contributed by atoms with Gasteiger partial charge < -0.3 is 20.3 Å². The molecule has 1 aromatic rings. The van der Waals surface area contributed by atoms with Crippen molar-refractivity contribution in [3.05, 3.63) is 35.9 Å². The Kier molecular flexibility index (Phi) is 4.24. The summed E-state index contributed by atoms with van der Waals surface area (Å²) < 4.78 is 38.7. The number of nitrogens with two attached hydrogens (primary N) is 1. The maximum atomic E-state index is 12.7. The summed E-state index contributed by atoms with van der Waals surface area (Å²) in [6.45, 7) is 0.694. The van der Waals surface area contributed by atoms with Crippen molar-refractivity contribution in [3.63, 3.8) is 0 Å². The molecular formula is C15H18N2O6S. The summed E-state index contributed by atoms with van der Waals surface area (Å²) in [6, 6.07) is 6.39. The molecule has 1 aliphatic carbocycles. The lowest BCUT2D eigenvalue weighted by Gasteiger charge is -2.32. The van der Waals surface area contributed by atoms with Gasteiger partial charge in [0, 0.05) is 6.42 Å². The highest BCUT2D eigenvalue weighted by Crippen LogP contribution is 2.37. The van der Waals surface area contributed by atoms with Gasteiger partial charge in [-0.15, -0.1) is 0 Å². The number of para-hydroxylation sites is 2. The third kappa shape index (κ3) is 3.10. The van der Waals surface area contributed by atoms with Crippen LogP contribution in [-0.4, -0.2) is 43.7 Å². The van der Waals surface area contributed by atoms with Gasteiger partial charge in [-0.3, -0.25) is 4.72 Å². The van der Waals surface area contributed by atoms with Gasteiger partial charge >= 0.3 is 5.97 Å². The minimum atomic E-state index is -3.99. The number of carbonyl (C=O) groups is 1. The number of carboxylic acids is 1. The van der Waals surface area contributed by atoms with Crippen molar-refractivity contribution in [1.82, 2.24) is 0 Å². The number of nitrogens with one attached hydrogen (secondary N) is 1. The minimum Gasteiger partial charge on any atom is -0.478 e. The predicted molar refractivity (Wildman–Crippen MR) is 86.8 cm³/mol. The van der Waals surface area contributed by atoms with Crippen LogP contribution in [0.5, 0.6) is 0 Å². The predicted octanol–water partition coefficient (Wildman–Crippen LogP) is 0.927. The standard InChI is InChI=1S/C15H18N2O6S/c16-11-3-1-2-4-12(11)17-24(20,21)13-5-6-15(22-7-8-23-15)9-10(13)14(18)19/h1-4,9,13,17H,5-8,16H2,(H,18,19). The molecular weight excluding hydrogens is 336 g/mol. The Morgan fingerprint density at radius 1 is 1.29 bits per heavy atom. The Labute approximate surface area is 139 Å². The number of carboxylic acid groups (broad SMARTS) is 1. The largest absolute Gasteiger partial charge is 0.478 e. The van der Waals surface area contributed by atoms with E-state index < -0.39 is 27.0 Å². The third-order valence-corrected chi connectivity index (χ3v) is 5.83. The lowest BCUT2D eigenvalue weighted by atomic mass is 9.94. The molecule has 3 rings (SSSR count). The first-order valence-electron chi connectivity index (χ1n) is 7.43. The molecule has 1 heterocycles. The van der Waals surface area contributed by atoms with Crippen molar-refractivity contribution in [2.75, 3.05) is 23.7 Å². The molecule has 24 heavy (non-hydrogen) atoms. The summed E-state index contributed by atoms with van der Waals surface area (Å²) in [6.07, 6.45) is 1.60. The number of benzene rings is 1. The van der Waals surface area contributed by atoms with E-state index in [-0.39, 0.29) is 29.8 Å². The normalized spacial score (nSPS) is 23.0. The maximum Gasteiger partial charge on any atom is 0.332 e. The molecule has 4 N–H and O–H groups in total. The van der Waals surface area contributed by atoms with E-state index >= 15 is 0 Å². The first-order valence-corrected chi connectivity index (χ1v) is 8.98. The molecule has 1 spiro atoms. The van der Waals surface area contributed by atoms with Crippen LogP contribution < -0.4 is 10.5 Å². The lowest BCUT2D eigenvalue weighted by molar-refractivity contribution is -0.138. The molecule has 0 aromatic heterocycles. The molecule has 1 fully saturated rings. The molecule has 0 saturated carbocycles. The third-order valence-electron chi connectivity index (χ3n) is 4.09. The lowest BCUT2D eigenvalue weighted by Crippen LogP contribution is -2.41. The summed E-state index contributed by atoms with van der Waals surface area (Å²) in [5, 5.41) is 8.23. The van der Waals surface area contributed by atoms with Crippen molar-refractivity contribution in [2.45, 2.75) is 23.9 Å². The van der Waals surface area contributed by atoms with Crippen molar-refractivity contribution in [1.29, 1.82) is 0 Å². The Bertz CT molecular complexity index is 783. The molecule has 1 atom stereocenters. The fraction of sp³-hybridized carbons (Fsp3) is 0.400. The van der Waals surface area contributed by atoms with Crippen LogP contribution in [0.15, 0.2) is 35.9 Å². The Hall–Kier alpha value is -2.10. The van der Waals surface area contributed by atoms with E-state index in [1.54, 1.807) is 18.2 Å². The zero-order valence-electron chi connectivity index (χ0n) is 12.8. The van der Waals surface area contributed by atoms with Crippen LogP contribution in [0, 0.1) is 0 Å². The molecule has 1 aliphatic heterocycles. The number of ether oxygens (including phenoxy) is 2. The molecule has 2 aliphatic rings. The van der Waals surface area contributed by atoms with E-state index in [1.165, 1.54) is 12.1 Å². The second-order valence-electron chi connectivity index (χ2n) is 5.68.